The summed E-state index contributed by atoms with van der Waals surface area (Å²) < 4.78 is 60.5. The van der Waals surface area contributed by atoms with E-state index in [4.69, 9.17) is 11.6 Å². The Balaban J connectivity index is 1.72. The van der Waals surface area contributed by atoms with Crippen LogP contribution >= 0.6 is 11.6 Å². The summed E-state index contributed by atoms with van der Waals surface area (Å²) in [5, 5.41) is 2.54. The topological polar surface area (TPSA) is 60.5 Å². The Labute approximate surface area is 156 Å². The SMILES string of the molecule is CC(F)(F)CCC(=O)Nc1ccc(-c2cc3c(cc2Cl)OC(F)(F)O3)cn1. The molecule has 10 heteroatoms. The number of hydrogen-bond acceptors (Lipinski definition) is 4. The number of aromatic nitrogens is 1. The highest BCUT2D eigenvalue weighted by atomic mass is 35.5. The van der Waals surface area contributed by atoms with Crippen LogP contribution in [0.1, 0.15) is 19.8 Å². The highest BCUT2D eigenvalue weighted by Crippen LogP contribution is 2.45. The van der Waals surface area contributed by atoms with E-state index in [0.717, 1.165) is 6.92 Å². The summed E-state index contributed by atoms with van der Waals surface area (Å²) in [6.45, 7) is 0.734. The summed E-state index contributed by atoms with van der Waals surface area (Å²) in [6.07, 6.45) is -3.33. The van der Waals surface area contributed by atoms with Crippen molar-refractivity contribution in [3.05, 3.63) is 35.5 Å². The molecule has 0 bridgehead atoms. The number of pyridine rings is 1. The molecule has 1 aromatic heterocycles. The van der Waals surface area contributed by atoms with Crippen LogP contribution in [0, 0.1) is 0 Å². The zero-order valence-corrected chi connectivity index (χ0v) is 14.6. The molecule has 144 valence electrons. The largest absolute Gasteiger partial charge is 0.586 e. The number of amides is 1. The molecule has 3 rings (SSSR count). The number of nitrogens with zero attached hydrogens (tertiary/aromatic N) is 1. The van der Waals surface area contributed by atoms with Crippen molar-refractivity contribution in [1.82, 2.24) is 4.98 Å². The van der Waals surface area contributed by atoms with Crippen molar-refractivity contribution in [2.75, 3.05) is 5.32 Å². The molecule has 2 aromatic rings. The van der Waals surface area contributed by atoms with Gasteiger partial charge in [0.25, 0.3) is 0 Å². The van der Waals surface area contributed by atoms with Gasteiger partial charge < -0.3 is 14.8 Å². The Kier molecular flexibility index (Phi) is 4.90. The number of ether oxygens (including phenoxy) is 2. The van der Waals surface area contributed by atoms with Gasteiger partial charge in [-0.15, -0.1) is 8.78 Å². The van der Waals surface area contributed by atoms with E-state index < -0.39 is 24.5 Å². The first kappa shape index (κ1) is 19.2. The molecule has 0 saturated heterocycles. The van der Waals surface area contributed by atoms with Gasteiger partial charge in [0.1, 0.15) is 5.82 Å². The van der Waals surface area contributed by atoms with E-state index in [1.165, 1.54) is 24.4 Å². The second kappa shape index (κ2) is 6.88. The highest BCUT2D eigenvalue weighted by Gasteiger charge is 2.43. The smallest absolute Gasteiger partial charge is 0.395 e. The molecule has 1 N–H and O–H groups in total. The van der Waals surface area contributed by atoms with Crippen LogP contribution in [-0.2, 0) is 4.79 Å². The fourth-order valence-electron chi connectivity index (χ4n) is 2.36. The lowest BCUT2D eigenvalue weighted by molar-refractivity contribution is -0.286. The second-order valence-electron chi connectivity index (χ2n) is 6.00. The number of hydrogen-bond donors (Lipinski definition) is 1. The summed E-state index contributed by atoms with van der Waals surface area (Å²) >= 11 is 6.09. The lowest BCUT2D eigenvalue weighted by Gasteiger charge is -2.10. The summed E-state index contributed by atoms with van der Waals surface area (Å²) in [7, 11) is 0. The molecule has 0 radical (unpaired) electrons. The average molecular weight is 405 g/mol. The van der Waals surface area contributed by atoms with E-state index in [1.807, 2.05) is 0 Å². The van der Waals surface area contributed by atoms with Gasteiger partial charge in [-0.3, -0.25) is 4.79 Å². The second-order valence-corrected chi connectivity index (χ2v) is 6.40. The zero-order chi connectivity index (χ0) is 19.8. The predicted molar refractivity (Wildman–Crippen MR) is 89.4 cm³/mol. The molecular weight excluding hydrogens is 392 g/mol. The van der Waals surface area contributed by atoms with Crippen LogP contribution in [-0.4, -0.2) is 23.1 Å². The minimum Gasteiger partial charge on any atom is -0.395 e. The summed E-state index contributed by atoms with van der Waals surface area (Å²) in [5.74, 6) is -3.72. The molecule has 0 unspecified atom stereocenters. The first-order valence-corrected chi connectivity index (χ1v) is 8.14. The van der Waals surface area contributed by atoms with Crippen molar-refractivity contribution in [2.24, 2.45) is 0 Å². The minimum absolute atomic E-state index is 0.138. The molecule has 1 aliphatic heterocycles. The van der Waals surface area contributed by atoms with E-state index >= 15 is 0 Å². The quantitative estimate of drug-likeness (QED) is 0.704. The van der Waals surface area contributed by atoms with Gasteiger partial charge in [-0.1, -0.05) is 11.6 Å². The van der Waals surface area contributed by atoms with Crippen LogP contribution in [0.15, 0.2) is 30.5 Å². The number of anilines is 1. The van der Waals surface area contributed by atoms with Gasteiger partial charge in [-0.05, 0) is 25.1 Å². The molecule has 27 heavy (non-hydrogen) atoms. The average Bonchev–Trinajstić information content (AvgIpc) is 2.85. The number of nitrogens with one attached hydrogen (secondary N) is 1. The highest BCUT2D eigenvalue weighted by molar-refractivity contribution is 6.33. The monoisotopic (exact) mass is 404 g/mol. The molecule has 0 fully saturated rings. The van der Waals surface area contributed by atoms with Crippen molar-refractivity contribution < 1.29 is 31.8 Å². The lowest BCUT2D eigenvalue weighted by Crippen LogP contribution is -2.25. The Morgan fingerprint density at radius 2 is 1.93 bits per heavy atom. The van der Waals surface area contributed by atoms with E-state index in [1.54, 1.807) is 6.07 Å². The normalized spacial score (nSPS) is 14.9. The van der Waals surface area contributed by atoms with Gasteiger partial charge in [0.2, 0.25) is 11.8 Å². The van der Waals surface area contributed by atoms with E-state index in [2.05, 4.69) is 19.8 Å². The number of carbonyl (C=O) groups is 1. The molecular formula is C17H13ClF4N2O3. The van der Waals surface area contributed by atoms with Crippen LogP contribution in [0.5, 0.6) is 11.5 Å². The van der Waals surface area contributed by atoms with Crippen LogP contribution in [0.25, 0.3) is 11.1 Å². The number of rotatable bonds is 5. The Morgan fingerprint density at radius 1 is 1.26 bits per heavy atom. The molecule has 0 saturated carbocycles. The number of benzene rings is 1. The molecule has 1 aliphatic rings. The standard InChI is InChI=1S/C17H13ClF4N2O3/c1-16(19,20)5-4-15(25)24-14-3-2-9(8-23-14)10-6-12-13(7-11(10)18)27-17(21,22)26-12/h2-3,6-8H,4-5H2,1H3,(H,23,24,25). The van der Waals surface area contributed by atoms with Gasteiger partial charge in [0.05, 0.1) is 5.02 Å². The van der Waals surface area contributed by atoms with Crippen LogP contribution in [0.4, 0.5) is 23.4 Å². The minimum atomic E-state index is -3.76. The van der Waals surface area contributed by atoms with Crippen LogP contribution < -0.4 is 14.8 Å². The van der Waals surface area contributed by atoms with Gasteiger partial charge in [-0.2, -0.15) is 0 Å². The Morgan fingerprint density at radius 3 is 2.52 bits per heavy atom. The summed E-state index contributed by atoms with van der Waals surface area (Å²) in [4.78, 5) is 15.7. The van der Waals surface area contributed by atoms with Crippen molar-refractivity contribution in [1.29, 1.82) is 0 Å². The number of halogens is 5. The van der Waals surface area contributed by atoms with E-state index in [9.17, 15) is 22.4 Å². The fraction of sp³-hybridized carbons (Fsp3) is 0.294. The maximum atomic E-state index is 13.1. The predicted octanol–water partition coefficient (Wildman–Crippen LogP) is 5.10. The first-order chi connectivity index (χ1) is 12.5. The Bertz CT molecular complexity index is 870. The van der Waals surface area contributed by atoms with E-state index in [0.29, 0.717) is 11.1 Å². The maximum absolute atomic E-state index is 13.1. The van der Waals surface area contributed by atoms with Gasteiger partial charge in [-0.25, -0.2) is 13.8 Å². The molecule has 2 heterocycles. The fourth-order valence-corrected chi connectivity index (χ4v) is 2.62. The molecule has 5 nitrogen and oxygen atoms in total. The summed E-state index contributed by atoms with van der Waals surface area (Å²) in [5.41, 5.74) is 0.840. The number of fused-ring (bicyclic) bond motifs is 1. The summed E-state index contributed by atoms with van der Waals surface area (Å²) in [6, 6.07) is 5.47. The molecule has 0 aliphatic carbocycles. The van der Waals surface area contributed by atoms with Crippen molar-refractivity contribution in [2.45, 2.75) is 32.0 Å². The first-order valence-electron chi connectivity index (χ1n) is 7.76. The van der Waals surface area contributed by atoms with E-state index in [-0.39, 0.29) is 28.8 Å². The van der Waals surface area contributed by atoms with Gasteiger partial charge >= 0.3 is 6.29 Å². The third-order valence-corrected chi connectivity index (χ3v) is 3.94. The van der Waals surface area contributed by atoms with Crippen LogP contribution in [0.3, 0.4) is 0 Å². The Hall–Kier alpha value is -2.55. The third kappa shape index (κ3) is 4.79. The van der Waals surface area contributed by atoms with Crippen molar-refractivity contribution in [3.63, 3.8) is 0 Å². The number of alkyl halides is 4. The van der Waals surface area contributed by atoms with Crippen molar-refractivity contribution >= 4 is 23.3 Å². The molecule has 1 aromatic carbocycles. The molecule has 0 spiro atoms. The zero-order valence-electron chi connectivity index (χ0n) is 13.9. The van der Waals surface area contributed by atoms with Crippen molar-refractivity contribution in [3.8, 4) is 22.6 Å². The van der Waals surface area contributed by atoms with Gasteiger partial charge in [0, 0.05) is 36.2 Å². The molecule has 0 atom stereocenters. The lowest BCUT2D eigenvalue weighted by atomic mass is 10.1. The number of carbonyl (C=O) groups excluding carboxylic acids is 1. The van der Waals surface area contributed by atoms with Crippen LogP contribution in [0.2, 0.25) is 5.02 Å². The third-order valence-electron chi connectivity index (χ3n) is 3.62. The van der Waals surface area contributed by atoms with Gasteiger partial charge in [0.15, 0.2) is 11.5 Å². The molecule has 1 amide bonds. The maximum Gasteiger partial charge on any atom is 0.586 e.